The molecule has 0 aliphatic heterocycles. The molecule has 0 bridgehead atoms. The molecule has 13 rings (SSSR count). The molecule has 72 heavy (non-hydrogen) atoms. The van der Waals surface area contributed by atoms with Crippen molar-refractivity contribution in [2.75, 3.05) is 0 Å². The molecule has 0 amide bonds. The van der Waals surface area contributed by atoms with E-state index in [9.17, 15) is 0 Å². The molecule has 0 unspecified atom stereocenters. The van der Waals surface area contributed by atoms with Crippen LogP contribution >= 0.6 is 0 Å². The van der Waals surface area contributed by atoms with Crippen LogP contribution in [-0.4, -0.2) is 24.1 Å². The Morgan fingerprint density at radius 2 is 0.667 bits per heavy atom. The van der Waals surface area contributed by atoms with Crippen LogP contribution in [0, 0.1) is 27.7 Å². The molecule has 0 aliphatic rings. The summed E-state index contributed by atoms with van der Waals surface area (Å²) in [5, 5.41) is 4.80. The molecule has 0 aliphatic carbocycles. The summed E-state index contributed by atoms with van der Waals surface area (Å²) in [6.07, 6.45) is 0. The first kappa shape index (κ1) is 42.9. The van der Waals surface area contributed by atoms with Gasteiger partial charge in [0, 0.05) is 49.4 Å². The Morgan fingerprint density at radius 3 is 1.19 bits per heavy atom. The number of rotatable bonds is 8. The molecule has 3 heterocycles. The molecule has 0 saturated heterocycles. The van der Waals surface area contributed by atoms with Gasteiger partial charge in [0.05, 0.1) is 33.4 Å². The Hall–Kier alpha value is -9.19. The summed E-state index contributed by atoms with van der Waals surface area (Å²) in [6, 6.07) is 81.0. The molecule has 3 aromatic heterocycles. The van der Waals surface area contributed by atoms with Crippen LogP contribution in [0.4, 0.5) is 0 Å². The SMILES string of the molecule is Cc1ccc(-c2ccc3c(c2)c2ccccc2n3-c2ccccc2-c2ccc(-c3nc(-c4ccccc4)nc(-c4ccccc4)n3)cc2-n2c3ccccc3c3cc(-c4ccc(C)cc4C)ccc32)c(C)c1. The molecule has 0 atom stereocenters. The first-order chi connectivity index (χ1) is 35.3. The van der Waals surface area contributed by atoms with Crippen LogP contribution in [0.1, 0.15) is 22.3 Å². The zero-order chi connectivity index (χ0) is 48.5. The van der Waals surface area contributed by atoms with Gasteiger partial charge in [0.15, 0.2) is 17.5 Å². The summed E-state index contributed by atoms with van der Waals surface area (Å²) in [5.74, 6) is 1.85. The zero-order valence-electron chi connectivity index (χ0n) is 40.6. The van der Waals surface area contributed by atoms with Gasteiger partial charge >= 0.3 is 0 Å². The maximum atomic E-state index is 5.24. The van der Waals surface area contributed by atoms with Crippen LogP contribution in [0.5, 0.6) is 0 Å². The number of fused-ring (bicyclic) bond motifs is 6. The fourth-order valence-electron chi connectivity index (χ4n) is 11.0. The second-order valence-electron chi connectivity index (χ2n) is 19.1. The van der Waals surface area contributed by atoms with Gasteiger partial charge in [-0.15, -0.1) is 0 Å². The predicted octanol–water partition coefficient (Wildman–Crippen LogP) is 17.3. The highest BCUT2D eigenvalue weighted by Crippen LogP contribution is 2.44. The summed E-state index contributed by atoms with van der Waals surface area (Å²) in [5.41, 5.74) is 21.5. The lowest BCUT2D eigenvalue weighted by molar-refractivity contribution is 1.07. The van der Waals surface area contributed by atoms with Crippen molar-refractivity contribution in [3.05, 3.63) is 247 Å². The Labute approximate surface area is 419 Å². The number of hydrogen-bond acceptors (Lipinski definition) is 3. The van der Waals surface area contributed by atoms with E-state index in [1.54, 1.807) is 0 Å². The van der Waals surface area contributed by atoms with E-state index < -0.39 is 0 Å². The number of aryl methyl sites for hydroxylation is 4. The third-order valence-corrected chi connectivity index (χ3v) is 14.4. The average molecular weight is 924 g/mol. The number of para-hydroxylation sites is 3. The van der Waals surface area contributed by atoms with Crippen LogP contribution in [0.3, 0.4) is 0 Å². The van der Waals surface area contributed by atoms with E-state index in [0.29, 0.717) is 17.5 Å². The van der Waals surface area contributed by atoms with E-state index in [4.69, 9.17) is 15.0 Å². The van der Waals surface area contributed by atoms with Crippen molar-refractivity contribution in [2.45, 2.75) is 27.7 Å². The van der Waals surface area contributed by atoms with Gasteiger partial charge in [0.1, 0.15) is 0 Å². The highest BCUT2D eigenvalue weighted by atomic mass is 15.0. The minimum Gasteiger partial charge on any atom is -0.309 e. The van der Waals surface area contributed by atoms with Gasteiger partial charge in [-0.25, -0.2) is 15.0 Å². The minimum absolute atomic E-state index is 0.601. The van der Waals surface area contributed by atoms with Crippen molar-refractivity contribution in [2.24, 2.45) is 0 Å². The molecule has 0 fully saturated rings. The lowest BCUT2D eigenvalue weighted by Crippen LogP contribution is -2.03. The van der Waals surface area contributed by atoms with Gasteiger partial charge in [0.2, 0.25) is 0 Å². The first-order valence-corrected chi connectivity index (χ1v) is 24.7. The van der Waals surface area contributed by atoms with E-state index in [0.717, 1.165) is 61.3 Å². The third-order valence-electron chi connectivity index (χ3n) is 14.4. The molecule has 0 spiro atoms. The Bertz CT molecular complexity index is 4200. The number of nitrogens with zero attached hydrogens (tertiary/aromatic N) is 5. The predicted molar refractivity (Wildman–Crippen MR) is 300 cm³/mol. The van der Waals surface area contributed by atoms with Gasteiger partial charge in [-0.2, -0.15) is 0 Å². The summed E-state index contributed by atoms with van der Waals surface area (Å²) in [7, 11) is 0. The van der Waals surface area contributed by atoms with Crippen molar-refractivity contribution in [1.82, 2.24) is 24.1 Å². The van der Waals surface area contributed by atoms with E-state index >= 15 is 0 Å². The molecule has 5 heteroatoms. The second kappa shape index (κ2) is 17.3. The molecule has 0 radical (unpaired) electrons. The molecule has 0 saturated carbocycles. The summed E-state index contributed by atoms with van der Waals surface area (Å²) < 4.78 is 4.90. The van der Waals surface area contributed by atoms with Gasteiger partial charge in [-0.3, -0.25) is 0 Å². The van der Waals surface area contributed by atoms with Gasteiger partial charge in [-0.05, 0) is 110 Å². The quantitative estimate of drug-likeness (QED) is 0.153. The number of hydrogen-bond donors (Lipinski definition) is 0. The maximum Gasteiger partial charge on any atom is 0.164 e. The third kappa shape index (κ3) is 7.28. The van der Waals surface area contributed by atoms with Gasteiger partial charge < -0.3 is 9.13 Å². The highest BCUT2D eigenvalue weighted by molar-refractivity contribution is 6.13. The second-order valence-corrected chi connectivity index (χ2v) is 19.1. The topological polar surface area (TPSA) is 48.5 Å². The van der Waals surface area contributed by atoms with E-state index in [2.05, 4.69) is 225 Å². The summed E-state index contributed by atoms with van der Waals surface area (Å²) in [6.45, 7) is 8.73. The van der Waals surface area contributed by atoms with Crippen molar-refractivity contribution in [3.8, 4) is 78.9 Å². The molecule has 5 nitrogen and oxygen atoms in total. The Balaban J connectivity index is 1.08. The molecule has 10 aromatic carbocycles. The van der Waals surface area contributed by atoms with Crippen LogP contribution in [0.25, 0.3) is 123 Å². The van der Waals surface area contributed by atoms with Gasteiger partial charge in [-0.1, -0.05) is 187 Å². The number of benzene rings is 10. The Morgan fingerprint density at radius 1 is 0.264 bits per heavy atom. The fourth-order valence-corrected chi connectivity index (χ4v) is 11.0. The summed E-state index contributed by atoms with van der Waals surface area (Å²) >= 11 is 0. The van der Waals surface area contributed by atoms with E-state index in [1.807, 2.05) is 36.4 Å². The molecular weight excluding hydrogens is 875 g/mol. The largest absolute Gasteiger partial charge is 0.309 e. The lowest BCUT2D eigenvalue weighted by atomic mass is 9.97. The Kier molecular flexibility index (Phi) is 10.3. The van der Waals surface area contributed by atoms with Crippen LogP contribution in [-0.2, 0) is 0 Å². The van der Waals surface area contributed by atoms with Crippen molar-refractivity contribution in [3.63, 3.8) is 0 Å². The first-order valence-electron chi connectivity index (χ1n) is 24.7. The highest BCUT2D eigenvalue weighted by Gasteiger charge is 2.23. The van der Waals surface area contributed by atoms with Crippen LogP contribution < -0.4 is 0 Å². The van der Waals surface area contributed by atoms with Crippen molar-refractivity contribution >= 4 is 43.6 Å². The lowest BCUT2D eigenvalue weighted by Gasteiger charge is -2.20. The smallest absolute Gasteiger partial charge is 0.164 e. The standard InChI is InChI=1S/C67H49N5/c1-42-27-32-51(44(3)37-42)48-30-35-62-57(39-48)54-22-12-15-25-60(54)71(62)59-24-14-11-21-53(59)56-34-29-50(67-69-65(46-17-7-5-8-18-46)68-66(70-67)47-19-9-6-10-20-47)41-64(56)72-61-26-16-13-23-55(61)58-40-49(31-36-63(58)72)52-33-28-43(2)38-45(52)4/h5-41H,1-4H3. The molecule has 342 valence electrons. The van der Waals surface area contributed by atoms with Gasteiger partial charge in [0.25, 0.3) is 0 Å². The molecular formula is C67H49N5. The monoisotopic (exact) mass is 923 g/mol. The average Bonchev–Trinajstić information content (AvgIpc) is 3.93. The normalized spacial score (nSPS) is 11.6. The molecule has 0 N–H and O–H groups in total. The van der Waals surface area contributed by atoms with Crippen molar-refractivity contribution < 1.29 is 0 Å². The van der Waals surface area contributed by atoms with Crippen LogP contribution in [0.15, 0.2) is 224 Å². The van der Waals surface area contributed by atoms with E-state index in [-0.39, 0.29) is 0 Å². The summed E-state index contributed by atoms with van der Waals surface area (Å²) in [4.78, 5) is 15.5. The number of aromatic nitrogens is 5. The minimum atomic E-state index is 0.601. The zero-order valence-corrected chi connectivity index (χ0v) is 40.6. The van der Waals surface area contributed by atoms with E-state index in [1.165, 1.54) is 66.1 Å². The fraction of sp³-hybridized carbons (Fsp3) is 0.0597. The maximum absolute atomic E-state index is 5.24. The van der Waals surface area contributed by atoms with Crippen molar-refractivity contribution in [1.29, 1.82) is 0 Å². The molecule has 13 aromatic rings. The van der Waals surface area contributed by atoms with Crippen LogP contribution in [0.2, 0.25) is 0 Å².